The first-order valence-electron chi connectivity index (χ1n) is 11.6. The first-order valence-corrected chi connectivity index (χ1v) is 18.0. The molecule has 0 aromatic heterocycles. The lowest BCUT2D eigenvalue weighted by atomic mass is 10.0. The lowest BCUT2D eigenvalue weighted by Gasteiger charge is -2.40. The first-order chi connectivity index (χ1) is 13.7. The number of hydrogen-bond acceptors (Lipinski definition) is 4. The van der Waals surface area contributed by atoms with Gasteiger partial charge in [0.1, 0.15) is 14.2 Å². The fourth-order valence-corrected chi connectivity index (χ4v) is 5.60. The second kappa shape index (κ2) is 10.0. The van der Waals surface area contributed by atoms with Gasteiger partial charge in [-0.25, -0.2) is 0 Å². The summed E-state index contributed by atoms with van der Waals surface area (Å²) in [6.45, 7) is 20.1. The van der Waals surface area contributed by atoms with Crippen LogP contribution in [0.25, 0.3) is 0 Å². The van der Waals surface area contributed by atoms with E-state index in [1.807, 2.05) is 0 Å². The van der Waals surface area contributed by atoms with Gasteiger partial charge in [-0.05, 0) is 31.0 Å². The first kappa shape index (κ1) is 25.8. The van der Waals surface area contributed by atoms with E-state index in [1.165, 1.54) is 0 Å². The van der Waals surface area contributed by atoms with Crippen LogP contribution < -0.4 is 0 Å². The smallest absolute Gasteiger partial charge is 0.192 e. The Labute approximate surface area is 186 Å². The van der Waals surface area contributed by atoms with Crippen molar-refractivity contribution < 1.29 is 19.0 Å². The lowest BCUT2D eigenvalue weighted by molar-refractivity contribution is -0.0322. The molecule has 0 bridgehead atoms. The fourth-order valence-electron chi connectivity index (χ4n) is 3.66. The fraction of sp³-hybridized carbons (Fsp3) is 0.833. The van der Waals surface area contributed by atoms with Crippen molar-refractivity contribution in [3.8, 4) is 11.5 Å². The van der Waals surface area contributed by atoms with Crippen LogP contribution in [0.5, 0.6) is 0 Å². The molecule has 0 aliphatic carbocycles. The highest BCUT2D eigenvalue weighted by Crippen LogP contribution is 2.41. The quantitative estimate of drug-likeness (QED) is 0.324. The Hall–Kier alpha value is -0.426. The molecule has 0 unspecified atom stereocenters. The number of ether oxygens (including phenoxy) is 2. The molecule has 0 aromatic rings. The van der Waals surface area contributed by atoms with Crippen LogP contribution in [0.3, 0.4) is 0 Å². The molecule has 0 radical (unpaired) electrons. The van der Waals surface area contributed by atoms with Crippen LogP contribution in [-0.2, 0) is 13.9 Å². The van der Waals surface area contributed by atoms with Gasteiger partial charge in [0, 0.05) is 12.8 Å². The van der Waals surface area contributed by atoms with E-state index in [4.69, 9.17) is 13.9 Å². The maximum atomic E-state index is 10.5. The molecule has 0 saturated carbocycles. The Kier molecular flexibility index (Phi) is 8.62. The molecule has 2 heterocycles. The van der Waals surface area contributed by atoms with Gasteiger partial charge in [0.2, 0.25) is 0 Å². The predicted molar refractivity (Wildman–Crippen MR) is 130 cm³/mol. The molecule has 2 rings (SSSR count). The van der Waals surface area contributed by atoms with E-state index >= 15 is 0 Å². The van der Waals surface area contributed by atoms with Crippen molar-refractivity contribution in [2.24, 2.45) is 0 Å². The second-order valence-electron chi connectivity index (χ2n) is 11.4. The van der Waals surface area contributed by atoms with Crippen LogP contribution in [0.2, 0.25) is 37.8 Å². The maximum absolute atomic E-state index is 10.5. The third-order valence-corrected chi connectivity index (χ3v) is 11.8. The zero-order valence-electron chi connectivity index (χ0n) is 20.6. The summed E-state index contributed by atoms with van der Waals surface area (Å²) in [7, 11) is -3.41. The van der Waals surface area contributed by atoms with Crippen LogP contribution in [0.1, 0.15) is 53.4 Å². The third-order valence-electron chi connectivity index (χ3n) is 6.43. The summed E-state index contributed by atoms with van der Waals surface area (Å²) >= 11 is 0. The van der Waals surface area contributed by atoms with Crippen molar-refractivity contribution in [2.45, 2.75) is 128 Å². The van der Waals surface area contributed by atoms with E-state index in [2.05, 4.69) is 84.0 Å². The Morgan fingerprint density at radius 3 is 2.13 bits per heavy atom. The van der Waals surface area contributed by atoms with Gasteiger partial charge in [0.25, 0.3) is 0 Å². The molecule has 2 saturated heterocycles. The molecular formula is C24H44O4Si2. The van der Waals surface area contributed by atoms with E-state index in [0.29, 0.717) is 6.42 Å². The highest BCUT2D eigenvalue weighted by molar-refractivity contribution is 6.83. The Morgan fingerprint density at radius 2 is 1.60 bits per heavy atom. The van der Waals surface area contributed by atoms with E-state index in [1.54, 1.807) is 0 Å². The molecule has 6 atom stereocenters. The minimum atomic E-state index is -1.90. The minimum absolute atomic E-state index is 0.0315. The monoisotopic (exact) mass is 452 g/mol. The van der Waals surface area contributed by atoms with Crippen LogP contribution in [0.15, 0.2) is 12.2 Å². The molecule has 0 amide bonds. The zero-order chi connectivity index (χ0) is 22.7. The van der Waals surface area contributed by atoms with E-state index in [9.17, 15) is 5.11 Å². The molecule has 2 fully saturated rings. The van der Waals surface area contributed by atoms with Crippen LogP contribution in [0.4, 0.5) is 0 Å². The summed E-state index contributed by atoms with van der Waals surface area (Å²) in [6, 6.07) is 0. The van der Waals surface area contributed by atoms with Gasteiger partial charge in [-0.2, -0.15) is 0 Å². The van der Waals surface area contributed by atoms with Crippen molar-refractivity contribution in [1.29, 1.82) is 0 Å². The van der Waals surface area contributed by atoms with Crippen molar-refractivity contribution in [1.82, 2.24) is 0 Å². The lowest BCUT2D eigenvalue weighted by Crippen LogP contribution is -2.47. The number of fused-ring (bicyclic) bond motifs is 1. The summed E-state index contributed by atoms with van der Waals surface area (Å²) in [5, 5.41) is 10.6. The average Bonchev–Trinajstić information content (AvgIpc) is 3.16. The van der Waals surface area contributed by atoms with E-state index < -0.39 is 22.5 Å². The SMILES string of the molecule is CC/C=C/C[C@H](O[Si](C)(C)C(C)(C)C)[C@H]1C[C@H]2O[C@H]([C@@H](O)C#C[Si](C)(C)C)C[C@H]2O1. The highest BCUT2D eigenvalue weighted by Gasteiger charge is 2.49. The normalized spacial score (nSPS) is 29.5. The number of rotatable bonds is 7. The van der Waals surface area contributed by atoms with Crippen molar-refractivity contribution in [3.63, 3.8) is 0 Å². The summed E-state index contributed by atoms with van der Waals surface area (Å²) < 4.78 is 19.4. The molecule has 6 heteroatoms. The molecule has 4 nitrogen and oxygen atoms in total. The van der Waals surface area contributed by atoms with Gasteiger partial charge in [-0.15, -0.1) is 5.54 Å². The molecule has 1 N–H and O–H groups in total. The Bertz CT molecular complexity index is 637. The van der Waals surface area contributed by atoms with Crippen molar-refractivity contribution >= 4 is 16.4 Å². The highest BCUT2D eigenvalue weighted by atomic mass is 28.4. The second-order valence-corrected chi connectivity index (χ2v) is 20.9. The van der Waals surface area contributed by atoms with Crippen LogP contribution >= 0.6 is 0 Å². The van der Waals surface area contributed by atoms with E-state index in [-0.39, 0.29) is 35.6 Å². The maximum Gasteiger partial charge on any atom is 0.192 e. The molecule has 0 aromatic carbocycles. The van der Waals surface area contributed by atoms with Crippen molar-refractivity contribution in [2.75, 3.05) is 0 Å². The van der Waals surface area contributed by atoms with Gasteiger partial charge in [-0.3, -0.25) is 0 Å². The summed E-state index contributed by atoms with van der Waals surface area (Å²) in [5.74, 6) is 3.03. The van der Waals surface area contributed by atoms with Gasteiger partial charge >= 0.3 is 0 Å². The summed E-state index contributed by atoms with van der Waals surface area (Å²) in [4.78, 5) is 0. The van der Waals surface area contributed by atoms with Gasteiger partial charge in [-0.1, -0.05) is 65.4 Å². The summed E-state index contributed by atoms with van der Waals surface area (Å²) in [6.07, 6.45) is 7.07. The standard InChI is InChI=1S/C24H44O4Si2/c1-10-11-12-13-19(28-30(8,9)24(2,3)4)21-17-23-22(27-21)16-20(26-23)18(25)14-15-29(5,6)7/h11-12,18-23,25H,10,13,16-17H2,1-9H3/b12-11+/t18-,19-,20-,21+,22+,23+/m0/s1. The predicted octanol–water partition coefficient (Wildman–Crippen LogP) is 5.29. The van der Waals surface area contributed by atoms with E-state index in [0.717, 1.165) is 19.3 Å². The summed E-state index contributed by atoms with van der Waals surface area (Å²) in [5.41, 5.74) is 3.25. The third kappa shape index (κ3) is 7.04. The Balaban J connectivity index is 2.02. The molecule has 172 valence electrons. The van der Waals surface area contributed by atoms with Crippen molar-refractivity contribution in [3.05, 3.63) is 12.2 Å². The topological polar surface area (TPSA) is 47.9 Å². The number of allylic oxidation sites excluding steroid dienone is 1. The number of aliphatic hydroxyl groups is 1. The number of aliphatic hydroxyl groups excluding tert-OH is 1. The van der Waals surface area contributed by atoms with Crippen LogP contribution in [0, 0.1) is 11.5 Å². The van der Waals surface area contributed by atoms with Gasteiger partial charge in [0.05, 0.1) is 30.5 Å². The van der Waals surface area contributed by atoms with Gasteiger partial charge < -0.3 is 19.0 Å². The molecule has 30 heavy (non-hydrogen) atoms. The molecule has 2 aliphatic rings. The molecular weight excluding hydrogens is 408 g/mol. The molecule has 0 spiro atoms. The average molecular weight is 453 g/mol. The van der Waals surface area contributed by atoms with Crippen LogP contribution in [-0.4, -0.2) is 58.1 Å². The molecule has 2 aliphatic heterocycles. The van der Waals surface area contributed by atoms with Gasteiger partial charge in [0.15, 0.2) is 8.32 Å². The number of hydrogen-bond donors (Lipinski definition) is 1. The zero-order valence-corrected chi connectivity index (χ0v) is 22.6. The minimum Gasteiger partial charge on any atom is -0.411 e. The Morgan fingerprint density at radius 1 is 1.03 bits per heavy atom. The largest absolute Gasteiger partial charge is 0.411 e.